The third-order valence-corrected chi connectivity index (χ3v) is 4.96. The van der Waals surface area contributed by atoms with E-state index in [1.165, 1.54) is 24.3 Å². The molecule has 0 amide bonds. The number of anilines is 2. The highest BCUT2D eigenvalue weighted by Gasteiger charge is 2.26. The molecule has 8 heteroatoms. The minimum absolute atomic E-state index is 0.0409. The molecule has 0 saturated heterocycles. The molecule has 0 bridgehead atoms. The van der Waals surface area contributed by atoms with Crippen LogP contribution in [0, 0.1) is 0 Å². The number of sulfonamides is 2. The van der Waals surface area contributed by atoms with Crippen LogP contribution in [0.1, 0.15) is 0 Å². The van der Waals surface area contributed by atoms with Crippen molar-refractivity contribution in [2.75, 3.05) is 22.0 Å². The molecule has 0 unspecified atom stereocenters. The fourth-order valence-electron chi connectivity index (χ4n) is 1.22. The molecule has 1 rings (SSSR count). The van der Waals surface area contributed by atoms with E-state index in [1.807, 2.05) is 0 Å². The van der Waals surface area contributed by atoms with Gasteiger partial charge in [0.1, 0.15) is 0 Å². The summed E-state index contributed by atoms with van der Waals surface area (Å²) < 4.78 is 45.9. The molecule has 0 saturated carbocycles. The maximum Gasteiger partial charge on any atom is 0.245 e. The monoisotopic (exact) mass is 264 g/mol. The maximum absolute atomic E-state index is 11.4. The number of hydrogen-bond acceptors (Lipinski definition) is 5. The largest absolute Gasteiger partial charge is 0.399 e. The molecule has 0 aliphatic heterocycles. The van der Waals surface area contributed by atoms with Crippen LogP contribution < -0.4 is 9.44 Å². The summed E-state index contributed by atoms with van der Waals surface area (Å²) in [6.45, 7) is 0. The lowest BCUT2D eigenvalue weighted by molar-refractivity contribution is 0.590. The molecule has 0 radical (unpaired) electrons. The average Bonchev–Trinajstić information content (AvgIpc) is 2.03. The van der Waals surface area contributed by atoms with Gasteiger partial charge in [0.25, 0.3) is 0 Å². The Labute approximate surface area is 94.8 Å². The van der Waals surface area contributed by atoms with Gasteiger partial charge in [-0.25, -0.2) is 16.8 Å². The Kier molecular flexibility index (Phi) is 3.15. The van der Waals surface area contributed by atoms with Crippen LogP contribution in [0.25, 0.3) is 0 Å². The zero-order valence-corrected chi connectivity index (χ0v) is 10.4. The third kappa shape index (κ3) is 2.86. The maximum atomic E-state index is 11.4. The first kappa shape index (κ1) is 12.8. The molecule has 90 valence electrons. The highest BCUT2D eigenvalue weighted by Crippen LogP contribution is 2.21. The Morgan fingerprint density at radius 2 is 1.31 bits per heavy atom. The van der Waals surface area contributed by atoms with Gasteiger partial charge in [0.05, 0.1) is 18.2 Å². The molecule has 1 aromatic rings. The molecule has 0 heterocycles. The molecule has 16 heavy (non-hydrogen) atoms. The lowest BCUT2D eigenvalue weighted by Crippen LogP contribution is -2.35. The van der Waals surface area contributed by atoms with E-state index in [1.54, 1.807) is 0 Å². The van der Waals surface area contributed by atoms with E-state index in [2.05, 4.69) is 0 Å². The number of nitrogen functional groups attached to an aromatic ring is 1. The van der Waals surface area contributed by atoms with Crippen molar-refractivity contribution in [2.24, 2.45) is 0 Å². The van der Waals surface area contributed by atoms with Crippen molar-refractivity contribution in [2.45, 2.75) is 0 Å². The lowest BCUT2D eigenvalue weighted by atomic mass is 10.3. The van der Waals surface area contributed by atoms with Crippen LogP contribution >= 0.6 is 0 Å². The van der Waals surface area contributed by atoms with Gasteiger partial charge in [-0.15, -0.1) is 0 Å². The molecule has 0 aliphatic rings. The predicted octanol–water partition coefficient (Wildman–Crippen LogP) is -0.00560. The number of benzene rings is 1. The fraction of sp³-hybridized carbons (Fsp3) is 0.250. The van der Waals surface area contributed by atoms with Gasteiger partial charge < -0.3 is 5.73 Å². The molecule has 0 spiro atoms. The van der Waals surface area contributed by atoms with E-state index in [0.717, 1.165) is 12.5 Å². The Balaban J connectivity index is 3.41. The van der Waals surface area contributed by atoms with Gasteiger partial charge in [0, 0.05) is 5.69 Å². The van der Waals surface area contributed by atoms with Crippen LogP contribution in [0.5, 0.6) is 0 Å². The summed E-state index contributed by atoms with van der Waals surface area (Å²) in [7, 11) is -7.77. The van der Waals surface area contributed by atoms with Crippen LogP contribution in [0.15, 0.2) is 24.3 Å². The van der Waals surface area contributed by atoms with Crippen molar-refractivity contribution in [3.63, 3.8) is 0 Å². The first-order chi connectivity index (χ1) is 7.12. The molecular formula is C8H12N2O4S2. The zero-order valence-electron chi connectivity index (χ0n) is 8.78. The summed E-state index contributed by atoms with van der Waals surface area (Å²) >= 11 is 0. The van der Waals surface area contributed by atoms with Gasteiger partial charge in [-0.2, -0.15) is 3.71 Å². The minimum atomic E-state index is -3.88. The molecule has 0 aliphatic carbocycles. The smallest absolute Gasteiger partial charge is 0.245 e. The second kappa shape index (κ2) is 3.95. The number of rotatable bonds is 3. The third-order valence-electron chi connectivity index (χ3n) is 1.71. The Morgan fingerprint density at radius 3 is 1.62 bits per heavy atom. The summed E-state index contributed by atoms with van der Waals surface area (Å²) in [6, 6.07) is 5.52. The van der Waals surface area contributed by atoms with Crippen LogP contribution in [-0.4, -0.2) is 29.3 Å². The van der Waals surface area contributed by atoms with Crippen molar-refractivity contribution >= 4 is 31.4 Å². The Hall–Kier alpha value is -1.28. The molecule has 1 aromatic carbocycles. The highest BCUT2D eigenvalue weighted by molar-refractivity contribution is 8.09. The van der Waals surface area contributed by atoms with Crippen molar-refractivity contribution < 1.29 is 16.8 Å². The first-order valence-electron chi connectivity index (χ1n) is 4.18. The predicted molar refractivity (Wildman–Crippen MR) is 63.0 cm³/mol. The molecule has 0 fully saturated rings. The van der Waals surface area contributed by atoms with E-state index < -0.39 is 20.0 Å². The first-order valence-corrected chi connectivity index (χ1v) is 7.88. The van der Waals surface area contributed by atoms with Crippen molar-refractivity contribution in [1.29, 1.82) is 0 Å². The second-order valence-corrected chi connectivity index (χ2v) is 7.21. The summed E-state index contributed by atoms with van der Waals surface area (Å²) in [5.41, 5.74) is 5.89. The summed E-state index contributed by atoms with van der Waals surface area (Å²) in [6.07, 6.45) is 1.65. The van der Waals surface area contributed by atoms with Gasteiger partial charge >= 0.3 is 0 Å². The normalized spacial score (nSPS) is 12.4. The van der Waals surface area contributed by atoms with Crippen molar-refractivity contribution in [1.82, 2.24) is 0 Å². The van der Waals surface area contributed by atoms with Crippen LogP contribution in [0.2, 0.25) is 0 Å². The zero-order chi connectivity index (χ0) is 12.6. The van der Waals surface area contributed by atoms with Crippen molar-refractivity contribution in [3.8, 4) is 0 Å². The topological polar surface area (TPSA) is 97.5 Å². The van der Waals surface area contributed by atoms with Gasteiger partial charge in [-0.05, 0) is 24.3 Å². The SMILES string of the molecule is CS(=O)(=O)N(c1ccc(N)cc1)S(C)(=O)=O. The van der Waals surface area contributed by atoms with Crippen LogP contribution in [0.4, 0.5) is 11.4 Å². The quantitative estimate of drug-likeness (QED) is 0.775. The fourth-order valence-corrected chi connectivity index (χ4v) is 4.20. The van der Waals surface area contributed by atoms with Gasteiger partial charge in [0.2, 0.25) is 20.0 Å². The van der Waals surface area contributed by atoms with E-state index >= 15 is 0 Å². The van der Waals surface area contributed by atoms with Gasteiger partial charge in [0.15, 0.2) is 0 Å². The van der Waals surface area contributed by atoms with Gasteiger partial charge in [-0.3, -0.25) is 0 Å². The summed E-state index contributed by atoms with van der Waals surface area (Å²) in [4.78, 5) is 0. The lowest BCUT2D eigenvalue weighted by Gasteiger charge is -2.19. The van der Waals surface area contributed by atoms with E-state index in [0.29, 0.717) is 9.40 Å². The van der Waals surface area contributed by atoms with Crippen LogP contribution in [-0.2, 0) is 20.0 Å². The molecule has 6 nitrogen and oxygen atoms in total. The second-order valence-electron chi connectivity index (χ2n) is 3.31. The molecule has 0 aromatic heterocycles. The number of nitrogens with two attached hydrogens (primary N) is 1. The van der Waals surface area contributed by atoms with E-state index in [-0.39, 0.29) is 5.69 Å². The average molecular weight is 264 g/mol. The standard InChI is InChI=1S/C8H12N2O4S2/c1-15(11,12)10(16(2,13)14)8-5-3-7(9)4-6-8/h3-6H,9H2,1-2H3. The van der Waals surface area contributed by atoms with Crippen molar-refractivity contribution in [3.05, 3.63) is 24.3 Å². The molecule has 2 N–H and O–H groups in total. The van der Waals surface area contributed by atoms with E-state index in [9.17, 15) is 16.8 Å². The summed E-state index contributed by atoms with van der Waals surface area (Å²) in [5.74, 6) is 0. The molecular weight excluding hydrogens is 252 g/mol. The van der Waals surface area contributed by atoms with E-state index in [4.69, 9.17) is 5.73 Å². The van der Waals surface area contributed by atoms with Gasteiger partial charge in [-0.1, -0.05) is 0 Å². The van der Waals surface area contributed by atoms with Crippen LogP contribution in [0.3, 0.4) is 0 Å². The Morgan fingerprint density at radius 1 is 0.938 bits per heavy atom. The minimum Gasteiger partial charge on any atom is -0.399 e. The number of nitrogens with zero attached hydrogens (tertiary/aromatic N) is 1. The highest BCUT2D eigenvalue weighted by atomic mass is 32.3. The Bertz CT molecular complexity index is 543. The number of hydrogen-bond donors (Lipinski definition) is 1. The molecule has 0 atom stereocenters. The summed E-state index contributed by atoms with van der Waals surface area (Å²) in [5, 5.41) is 0.